The minimum atomic E-state index is 0.588. The van der Waals surface area contributed by atoms with Crippen molar-refractivity contribution in [3.8, 4) is 0 Å². The van der Waals surface area contributed by atoms with Gasteiger partial charge in [-0.1, -0.05) is 26.1 Å². The fourth-order valence-electron chi connectivity index (χ4n) is 1.01. The minimum absolute atomic E-state index is 0.588. The third kappa shape index (κ3) is 1.75. The van der Waals surface area contributed by atoms with Crippen LogP contribution in [0.4, 0.5) is 0 Å². The number of aromatic amines is 2. The number of rotatable bonds is 0. The van der Waals surface area contributed by atoms with E-state index in [1.807, 2.05) is 20.8 Å². The summed E-state index contributed by atoms with van der Waals surface area (Å²) in [6.45, 7) is 5.92. The Labute approximate surface area is 81.4 Å². The van der Waals surface area contributed by atoms with Gasteiger partial charge in [0.05, 0.1) is 11.7 Å². The predicted octanol–water partition coefficient (Wildman–Crippen LogP) is 2.35. The first-order valence-corrected chi connectivity index (χ1v) is 4.58. The Bertz CT molecular complexity index is 443. The molecule has 2 rings (SSSR count). The zero-order chi connectivity index (χ0) is 9.84. The van der Waals surface area contributed by atoms with E-state index in [0.717, 1.165) is 16.7 Å². The standard InChI is InChI=1S/C6H6N4S.C2H6/c1-3-4-5(10-9-3)7-2-8-6(4)11;1-2/h2H,1H3,(H2,7,8,9,10,11);1-2H3. The van der Waals surface area contributed by atoms with Crippen LogP contribution in [0.25, 0.3) is 11.0 Å². The summed E-state index contributed by atoms with van der Waals surface area (Å²) in [6, 6.07) is 0. The maximum Gasteiger partial charge on any atom is 0.163 e. The highest BCUT2D eigenvalue weighted by Gasteiger charge is 2.01. The Kier molecular flexibility index (Phi) is 3.13. The molecule has 0 aliphatic rings. The molecule has 0 spiro atoms. The lowest BCUT2D eigenvalue weighted by atomic mass is 10.3. The summed E-state index contributed by atoms with van der Waals surface area (Å²) in [5, 5.41) is 7.73. The molecule has 0 bridgehead atoms. The number of nitrogens with zero attached hydrogens (tertiary/aromatic N) is 2. The van der Waals surface area contributed by atoms with E-state index in [1.165, 1.54) is 0 Å². The molecule has 0 atom stereocenters. The second kappa shape index (κ2) is 4.13. The van der Waals surface area contributed by atoms with Crippen LogP contribution >= 0.6 is 12.2 Å². The van der Waals surface area contributed by atoms with Crippen molar-refractivity contribution in [3.63, 3.8) is 0 Å². The average molecular weight is 196 g/mol. The predicted molar refractivity (Wildman–Crippen MR) is 55.2 cm³/mol. The number of aromatic nitrogens is 4. The number of nitrogens with one attached hydrogen (secondary N) is 2. The van der Waals surface area contributed by atoms with E-state index >= 15 is 0 Å². The quantitative estimate of drug-likeness (QED) is 0.636. The molecule has 4 nitrogen and oxygen atoms in total. The van der Waals surface area contributed by atoms with Crippen LogP contribution in [-0.4, -0.2) is 20.2 Å². The third-order valence-corrected chi connectivity index (χ3v) is 1.85. The second-order valence-electron chi connectivity index (χ2n) is 2.28. The number of fused-ring (bicyclic) bond motifs is 1. The van der Waals surface area contributed by atoms with Crippen molar-refractivity contribution in [3.05, 3.63) is 16.7 Å². The molecule has 0 unspecified atom stereocenters. The Morgan fingerprint density at radius 2 is 2.08 bits per heavy atom. The number of hydrogen-bond acceptors (Lipinski definition) is 3. The zero-order valence-electron chi connectivity index (χ0n) is 7.88. The molecule has 0 aliphatic carbocycles. The topological polar surface area (TPSA) is 57.4 Å². The van der Waals surface area contributed by atoms with Crippen molar-refractivity contribution in [2.24, 2.45) is 0 Å². The molecule has 70 valence electrons. The molecule has 2 aromatic rings. The van der Waals surface area contributed by atoms with Crippen molar-refractivity contribution < 1.29 is 0 Å². The van der Waals surface area contributed by atoms with Crippen LogP contribution in [-0.2, 0) is 0 Å². The first-order chi connectivity index (χ1) is 6.29. The van der Waals surface area contributed by atoms with E-state index in [-0.39, 0.29) is 0 Å². The van der Waals surface area contributed by atoms with E-state index in [9.17, 15) is 0 Å². The van der Waals surface area contributed by atoms with Crippen LogP contribution < -0.4 is 0 Å². The minimum Gasteiger partial charge on any atom is -0.329 e. The molecular weight excluding hydrogens is 184 g/mol. The summed E-state index contributed by atoms with van der Waals surface area (Å²) in [5.41, 5.74) is 1.72. The van der Waals surface area contributed by atoms with Crippen molar-refractivity contribution in [2.45, 2.75) is 20.8 Å². The van der Waals surface area contributed by atoms with E-state index < -0.39 is 0 Å². The molecule has 5 heteroatoms. The number of H-pyrrole nitrogens is 2. The van der Waals surface area contributed by atoms with Gasteiger partial charge in [-0.3, -0.25) is 5.10 Å². The zero-order valence-corrected chi connectivity index (χ0v) is 8.70. The van der Waals surface area contributed by atoms with Crippen LogP contribution in [0.2, 0.25) is 0 Å². The highest BCUT2D eigenvalue weighted by molar-refractivity contribution is 7.71. The van der Waals surface area contributed by atoms with E-state index in [2.05, 4.69) is 20.2 Å². The van der Waals surface area contributed by atoms with Gasteiger partial charge in [0.1, 0.15) is 4.64 Å². The van der Waals surface area contributed by atoms with Crippen LogP contribution in [0.3, 0.4) is 0 Å². The Morgan fingerprint density at radius 3 is 2.69 bits per heavy atom. The summed E-state index contributed by atoms with van der Waals surface area (Å²) in [6.07, 6.45) is 1.55. The molecule has 13 heavy (non-hydrogen) atoms. The summed E-state index contributed by atoms with van der Waals surface area (Å²) >= 11 is 5.00. The lowest BCUT2D eigenvalue weighted by Crippen LogP contribution is -1.80. The molecule has 0 saturated carbocycles. The average Bonchev–Trinajstić information content (AvgIpc) is 2.53. The highest BCUT2D eigenvalue weighted by atomic mass is 32.1. The smallest absolute Gasteiger partial charge is 0.163 e. The molecular formula is C8H12N4S. The van der Waals surface area contributed by atoms with Gasteiger partial charge < -0.3 is 4.98 Å². The Hall–Kier alpha value is -1.23. The van der Waals surface area contributed by atoms with Gasteiger partial charge in [0, 0.05) is 5.69 Å². The molecule has 0 aliphatic heterocycles. The molecule has 2 aromatic heterocycles. The van der Waals surface area contributed by atoms with Gasteiger partial charge in [-0.2, -0.15) is 5.10 Å². The first-order valence-electron chi connectivity index (χ1n) is 4.17. The third-order valence-electron chi connectivity index (χ3n) is 1.54. The van der Waals surface area contributed by atoms with Gasteiger partial charge in [0.2, 0.25) is 0 Å². The first kappa shape index (κ1) is 9.85. The highest BCUT2D eigenvalue weighted by Crippen LogP contribution is 2.11. The molecule has 0 radical (unpaired) electrons. The monoisotopic (exact) mass is 196 g/mol. The number of hydrogen-bond donors (Lipinski definition) is 2. The fraction of sp³-hybridized carbons (Fsp3) is 0.375. The molecule has 0 fully saturated rings. The van der Waals surface area contributed by atoms with E-state index in [0.29, 0.717) is 4.64 Å². The second-order valence-corrected chi connectivity index (χ2v) is 2.67. The Balaban J connectivity index is 0.000000396. The lowest BCUT2D eigenvalue weighted by Gasteiger charge is -1.86. The molecule has 2 heterocycles. The van der Waals surface area contributed by atoms with Crippen molar-refractivity contribution in [1.29, 1.82) is 0 Å². The van der Waals surface area contributed by atoms with Gasteiger partial charge in [-0.15, -0.1) is 0 Å². The van der Waals surface area contributed by atoms with Gasteiger partial charge in [0.15, 0.2) is 5.65 Å². The SMILES string of the molecule is CC.Cc1[nH]nc2[nH]cnc(=S)c12. The molecule has 2 N–H and O–H groups in total. The largest absolute Gasteiger partial charge is 0.329 e. The van der Waals surface area contributed by atoms with Crippen molar-refractivity contribution in [2.75, 3.05) is 0 Å². The van der Waals surface area contributed by atoms with Crippen molar-refractivity contribution >= 4 is 23.3 Å². The normalized spacial score (nSPS) is 9.46. The fourth-order valence-corrected chi connectivity index (χ4v) is 1.31. The summed E-state index contributed by atoms with van der Waals surface area (Å²) in [4.78, 5) is 6.83. The van der Waals surface area contributed by atoms with E-state index in [1.54, 1.807) is 6.33 Å². The molecule has 0 aromatic carbocycles. The summed E-state index contributed by atoms with van der Waals surface area (Å²) < 4.78 is 0.588. The maximum atomic E-state index is 5.00. The van der Waals surface area contributed by atoms with Gasteiger partial charge in [0.25, 0.3) is 0 Å². The van der Waals surface area contributed by atoms with Gasteiger partial charge in [-0.25, -0.2) is 4.98 Å². The van der Waals surface area contributed by atoms with Crippen LogP contribution in [0.5, 0.6) is 0 Å². The van der Waals surface area contributed by atoms with Crippen molar-refractivity contribution in [1.82, 2.24) is 20.2 Å². The summed E-state index contributed by atoms with van der Waals surface area (Å²) in [5.74, 6) is 0. The lowest BCUT2D eigenvalue weighted by molar-refractivity contribution is 1.05. The maximum absolute atomic E-state index is 5.00. The van der Waals surface area contributed by atoms with Crippen LogP contribution in [0.1, 0.15) is 19.5 Å². The number of aryl methyl sites for hydroxylation is 1. The molecule has 0 amide bonds. The Morgan fingerprint density at radius 1 is 1.38 bits per heavy atom. The van der Waals surface area contributed by atoms with Crippen LogP contribution in [0.15, 0.2) is 6.33 Å². The molecule has 0 saturated heterocycles. The van der Waals surface area contributed by atoms with Crippen LogP contribution in [0, 0.1) is 11.6 Å². The van der Waals surface area contributed by atoms with E-state index in [4.69, 9.17) is 12.2 Å². The van der Waals surface area contributed by atoms with Gasteiger partial charge >= 0.3 is 0 Å². The van der Waals surface area contributed by atoms with Gasteiger partial charge in [-0.05, 0) is 6.92 Å². The summed E-state index contributed by atoms with van der Waals surface area (Å²) in [7, 11) is 0.